The number of imide groups is 1. The van der Waals surface area contributed by atoms with Gasteiger partial charge in [0.05, 0.1) is 0 Å². The van der Waals surface area contributed by atoms with Crippen molar-refractivity contribution in [2.45, 2.75) is 91.6 Å². The van der Waals surface area contributed by atoms with Crippen LogP contribution in [0.2, 0.25) is 0 Å². The van der Waals surface area contributed by atoms with E-state index in [0.717, 1.165) is 30.6 Å². The van der Waals surface area contributed by atoms with Crippen molar-refractivity contribution in [1.29, 1.82) is 0 Å². The van der Waals surface area contributed by atoms with Crippen LogP contribution < -0.4 is 5.32 Å². The summed E-state index contributed by atoms with van der Waals surface area (Å²) in [5.74, 6) is -1.01. The first-order valence-corrected chi connectivity index (χ1v) is 12.2. The quantitative estimate of drug-likeness (QED) is 0.513. The van der Waals surface area contributed by atoms with E-state index in [2.05, 4.69) is 46.9 Å². The molecule has 0 aromatic rings. The number of urea groups is 1. The van der Waals surface area contributed by atoms with Crippen LogP contribution in [-0.2, 0) is 19.1 Å². The highest BCUT2D eigenvalue weighted by molar-refractivity contribution is 6.08. The lowest BCUT2D eigenvalue weighted by molar-refractivity contribution is -0.154. The zero-order valence-corrected chi connectivity index (χ0v) is 21.0. The summed E-state index contributed by atoms with van der Waals surface area (Å²) >= 11 is 0. The van der Waals surface area contributed by atoms with Gasteiger partial charge in [0, 0.05) is 12.6 Å². The van der Waals surface area contributed by atoms with Crippen LogP contribution in [0.1, 0.15) is 80.1 Å². The summed E-state index contributed by atoms with van der Waals surface area (Å²) in [6.07, 6.45) is 5.09. The molecule has 184 valence electrons. The van der Waals surface area contributed by atoms with Crippen LogP contribution in [0.25, 0.3) is 0 Å². The SMILES string of the molecule is C[C@@H]1CC(C)(C)C[C@]2(C1)NC(=O)N(CC(=O)OCC(=O)N1C[C@@]3(C)C[C@@H]1CC(C)(C)C3)C2=O. The van der Waals surface area contributed by atoms with Crippen molar-refractivity contribution < 1.29 is 23.9 Å². The summed E-state index contributed by atoms with van der Waals surface area (Å²) in [7, 11) is 0. The molecular weight excluding hydrogens is 422 g/mol. The molecule has 2 saturated carbocycles. The van der Waals surface area contributed by atoms with E-state index in [9.17, 15) is 19.2 Å². The number of fused-ring (bicyclic) bond motifs is 2. The largest absolute Gasteiger partial charge is 0.454 e. The van der Waals surface area contributed by atoms with Crippen LogP contribution in [0.15, 0.2) is 0 Å². The highest BCUT2D eigenvalue weighted by atomic mass is 16.5. The molecule has 0 unspecified atom stereocenters. The second kappa shape index (κ2) is 7.70. The molecule has 2 heterocycles. The summed E-state index contributed by atoms with van der Waals surface area (Å²) < 4.78 is 5.24. The van der Waals surface area contributed by atoms with Gasteiger partial charge >= 0.3 is 12.0 Å². The monoisotopic (exact) mass is 461 g/mol. The Morgan fingerprint density at radius 2 is 1.67 bits per heavy atom. The van der Waals surface area contributed by atoms with Gasteiger partial charge in [-0.3, -0.25) is 19.3 Å². The minimum absolute atomic E-state index is 0.0808. The summed E-state index contributed by atoms with van der Waals surface area (Å²) in [6.45, 7) is 12.8. The molecule has 8 nitrogen and oxygen atoms in total. The third-order valence-electron chi connectivity index (χ3n) is 8.00. The standard InChI is InChI=1S/C25H39N3O5/c1-16-7-22(2,3)14-25(8-16)20(31)27(21(32)26-25)11-19(30)33-12-18(29)28-15-24(6)10-17(28)9-23(4,5)13-24/h16-17H,7-15H2,1-6H3,(H,26,32)/t16-,17+,24+,25+/m1/s1. The number of ether oxygens (including phenoxy) is 1. The van der Waals surface area contributed by atoms with E-state index in [1.54, 1.807) is 0 Å². The molecule has 33 heavy (non-hydrogen) atoms. The van der Waals surface area contributed by atoms with Gasteiger partial charge in [-0.05, 0) is 60.7 Å². The summed E-state index contributed by atoms with van der Waals surface area (Å²) in [6, 6.07) is -0.385. The molecule has 4 atom stereocenters. The van der Waals surface area contributed by atoms with Gasteiger partial charge in [-0.2, -0.15) is 0 Å². The Labute approximate surface area is 196 Å². The minimum Gasteiger partial charge on any atom is -0.454 e. The highest BCUT2D eigenvalue weighted by Crippen LogP contribution is 2.52. The average molecular weight is 462 g/mol. The summed E-state index contributed by atoms with van der Waals surface area (Å²) in [5.41, 5.74) is -0.744. The first-order chi connectivity index (χ1) is 15.1. The normalized spacial score (nSPS) is 36.8. The maximum atomic E-state index is 13.2. The summed E-state index contributed by atoms with van der Waals surface area (Å²) in [4.78, 5) is 53.9. The Kier molecular flexibility index (Phi) is 5.61. The molecule has 4 amide bonds. The van der Waals surface area contributed by atoms with Crippen LogP contribution >= 0.6 is 0 Å². The highest BCUT2D eigenvalue weighted by Gasteiger charge is 2.56. The first-order valence-electron chi connectivity index (χ1n) is 12.2. The molecule has 2 bridgehead atoms. The predicted octanol–water partition coefficient (Wildman–Crippen LogP) is 3.09. The van der Waals surface area contributed by atoms with Gasteiger partial charge < -0.3 is 15.0 Å². The second-order valence-electron chi connectivity index (χ2n) is 13.2. The van der Waals surface area contributed by atoms with Crippen molar-refractivity contribution in [3.05, 3.63) is 0 Å². The van der Waals surface area contributed by atoms with Crippen molar-refractivity contribution in [1.82, 2.24) is 15.1 Å². The number of esters is 1. The fraction of sp³-hybridized carbons (Fsp3) is 0.840. The van der Waals surface area contributed by atoms with Gasteiger partial charge in [0.2, 0.25) is 0 Å². The maximum Gasteiger partial charge on any atom is 0.326 e. The van der Waals surface area contributed by atoms with E-state index < -0.39 is 24.1 Å². The molecule has 4 rings (SSSR count). The van der Waals surface area contributed by atoms with E-state index in [1.165, 1.54) is 0 Å². The molecule has 0 aromatic carbocycles. The van der Waals surface area contributed by atoms with Gasteiger partial charge in [0.15, 0.2) is 6.61 Å². The van der Waals surface area contributed by atoms with Crippen molar-refractivity contribution in [3.63, 3.8) is 0 Å². The Morgan fingerprint density at radius 3 is 2.33 bits per heavy atom. The Balaban J connectivity index is 1.34. The molecular formula is C25H39N3O5. The summed E-state index contributed by atoms with van der Waals surface area (Å²) in [5, 5.41) is 2.86. The predicted molar refractivity (Wildman–Crippen MR) is 122 cm³/mol. The van der Waals surface area contributed by atoms with Crippen molar-refractivity contribution in [2.75, 3.05) is 19.7 Å². The van der Waals surface area contributed by atoms with E-state index in [0.29, 0.717) is 19.4 Å². The number of carbonyl (C=O) groups excluding carboxylic acids is 4. The Hall–Kier alpha value is -2.12. The lowest BCUT2D eigenvalue weighted by atomic mass is 9.64. The van der Waals surface area contributed by atoms with Crippen molar-refractivity contribution in [3.8, 4) is 0 Å². The van der Waals surface area contributed by atoms with Crippen LogP contribution in [0.5, 0.6) is 0 Å². The van der Waals surface area contributed by atoms with Crippen molar-refractivity contribution in [2.24, 2.45) is 22.2 Å². The number of rotatable bonds is 4. The van der Waals surface area contributed by atoms with Crippen molar-refractivity contribution >= 4 is 23.8 Å². The fourth-order valence-electron chi connectivity index (χ4n) is 7.80. The molecule has 2 saturated heterocycles. The number of hydrogen-bond donors (Lipinski definition) is 1. The smallest absolute Gasteiger partial charge is 0.326 e. The second-order valence-corrected chi connectivity index (χ2v) is 13.2. The molecule has 4 fully saturated rings. The molecule has 2 aliphatic carbocycles. The van der Waals surface area contributed by atoms with Gasteiger partial charge in [0.25, 0.3) is 11.8 Å². The minimum atomic E-state index is -0.955. The zero-order valence-electron chi connectivity index (χ0n) is 21.0. The van der Waals surface area contributed by atoms with Gasteiger partial charge in [-0.25, -0.2) is 4.79 Å². The third-order valence-corrected chi connectivity index (χ3v) is 8.00. The van der Waals surface area contributed by atoms with E-state index in [-0.39, 0.29) is 46.6 Å². The fourth-order valence-corrected chi connectivity index (χ4v) is 7.80. The number of nitrogens with one attached hydrogen (secondary N) is 1. The van der Waals surface area contributed by atoms with Crippen LogP contribution in [0.3, 0.4) is 0 Å². The zero-order chi connectivity index (χ0) is 24.4. The van der Waals surface area contributed by atoms with Crippen LogP contribution in [0, 0.1) is 22.2 Å². The topological polar surface area (TPSA) is 96.0 Å². The first kappa shape index (κ1) is 24.0. The lowest BCUT2D eigenvalue weighted by Gasteiger charge is -2.43. The Bertz CT molecular complexity index is 883. The molecule has 1 spiro atoms. The van der Waals surface area contributed by atoms with Crippen LogP contribution in [-0.4, -0.2) is 64.9 Å². The maximum absolute atomic E-state index is 13.2. The number of likely N-dealkylation sites (tertiary alicyclic amines) is 1. The molecule has 1 N–H and O–H groups in total. The van der Waals surface area contributed by atoms with Gasteiger partial charge in [-0.15, -0.1) is 0 Å². The number of nitrogens with zero attached hydrogens (tertiary/aromatic N) is 2. The average Bonchev–Trinajstić information content (AvgIpc) is 3.01. The molecule has 0 aromatic heterocycles. The third kappa shape index (κ3) is 4.62. The lowest BCUT2D eigenvalue weighted by Crippen LogP contribution is -2.54. The molecule has 4 aliphatic rings. The number of hydrogen-bond acceptors (Lipinski definition) is 5. The van der Waals surface area contributed by atoms with Crippen LogP contribution in [0.4, 0.5) is 4.79 Å². The van der Waals surface area contributed by atoms with E-state index >= 15 is 0 Å². The molecule has 2 aliphatic heterocycles. The van der Waals surface area contributed by atoms with E-state index in [1.807, 2.05) is 4.90 Å². The number of carbonyl (C=O) groups is 4. The number of amides is 4. The Morgan fingerprint density at radius 1 is 1.00 bits per heavy atom. The van der Waals surface area contributed by atoms with Gasteiger partial charge in [-0.1, -0.05) is 41.5 Å². The molecule has 0 radical (unpaired) electrons. The molecule has 8 heteroatoms. The van der Waals surface area contributed by atoms with Gasteiger partial charge in [0.1, 0.15) is 12.1 Å². The van der Waals surface area contributed by atoms with E-state index in [4.69, 9.17) is 4.74 Å².